The van der Waals surface area contributed by atoms with E-state index in [1.165, 1.54) is 36.4 Å². The van der Waals surface area contributed by atoms with Crippen LogP contribution in [0.2, 0.25) is 0 Å². The van der Waals surface area contributed by atoms with Crippen LogP contribution in [0.1, 0.15) is 42.0 Å². The van der Waals surface area contributed by atoms with Crippen LogP contribution in [0.25, 0.3) is 11.3 Å². The minimum Gasteiger partial charge on any atom is -0.493 e. The van der Waals surface area contributed by atoms with E-state index in [1.54, 1.807) is 25.3 Å². The van der Waals surface area contributed by atoms with Gasteiger partial charge in [-0.1, -0.05) is 26.0 Å². The van der Waals surface area contributed by atoms with E-state index in [2.05, 4.69) is 15.0 Å². The Morgan fingerprint density at radius 1 is 1.00 bits per heavy atom. The molecule has 1 N–H and O–H groups in total. The Morgan fingerprint density at radius 3 is 2.56 bits per heavy atom. The molecule has 0 aliphatic rings. The van der Waals surface area contributed by atoms with Crippen LogP contribution in [0.15, 0.2) is 78.0 Å². The molecule has 41 heavy (non-hydrogen) atoms. The lowest BCUT2D eigenvalue weighted by molar-refractivity contribution is 0.0976. The van der Waals surface area contributed by atoms with E-state index in [-0.39, 0.29) is 29.0 Å². The fourth-order valence-corrected chi connectivity index (χ4v) is 4.79. The van der Waals surface area contributed by atoms with Crippen LogP contribution in [-0.4, -0.2) is 42.5 Å². The third-order valence-corrected chi connectivity index (χ3v) is 6.99. The zero-order valence-electron chi connectivity index (χ0n) is 23.0. The molecule has 0 saturated carbocycles. The van der Waals surface area contributed by atoms with Crippen molar-refractivity contribution in [2.24, 2.45) is 5.92 Å². The van der Waals surface area contributed by atoms with Gasteiger partial charge in [0.15, 0.2) is 5.03 Å². The number of aryl methyl sites for hydroxylation is 2. The number of sulfonamides is 1. The van der Waals surface area contributed by atoms with E-state index in [9.17, 15) is 17.6 Å². The fourth-order valence-electron chi connectivity index (χ4n) is 3.81. The maximum Gasteiger partial charge on any atom is 0.281 e. The lowest BCUT2D eigenvalue weighted by atomic mass is 10.1. The fraction of sp³-hybridized carbons (Fsp3) is 0.267. The summed E-state index contributed by atoms with van der Waals surface area (Å²) in [6.07, 6.45) is 2.88. The van der Waals surface area contributed by atoms with E-state index in [0.717, 1.165) is 5.69 Å². The Bertz CT molecular complexity index is 1610. The molecule has 1 aromatic carbocycles. The number of benzene rings is 1. The van der Waals surface area contributed by atoms with E-state index >= 15 is 0 Å². The number of pyridine rings is 3. The van der Waals surface area contributed by atoms with Crippen molar-refractivity contribution in [3.8, 4) is 22.9 Å². The van der Waals surface area contributed by atoms with Gasteiger partial charge in [-0.05, 0) is 74.2 Å². The predicted molar refractivity (Wildman–Crippen MR) is 152 cm³/mol. The standard InChI is InChI=1S/C30H31FN4O5S/c1-20(2)19-40-25-17-22(16-23(31)18-25)27-13-12-26(29(36)35-41(37,38)28-11-6-8-21(3)33-28)30(34-27)39-15-7-10-24-9-4-5-14-32-24/h4-6,8-9,11-14,16-18,20H,7,10,15,19H2,1-3H3,(H,35,36). The largest absolute Gasteiger partial charge is 0.493 e. The molecule has 0 saturated heterocycles. The van der Waals surface area contributed by atoms with E-state index in [0.29, 0.717) is 42.1 Å². The van der Waals surface area contributed by atoms with Gasteiger partial charge in [0.25, 0.3) is 15.9 Å². The van der Waals surface area contributed by atoms with Crippen LogP contribution in [-0.2, 0) is 16.4 Å². The Morgan fingerprint density at radius 2 is 1.83 bits per heavy atom. The molecule has 3 aromatic heterocycles. The normalized spacial score (nSPS) is 11.3. The lowest BCUT2D eigenvalue weighted by Gasteiger charge is -2.14. The summed E-state index contributed by atoms with van der Waals surface area (Å²) in [5.41, 5.74) is 1.98. The summed E-state index contributed by atoms with van der Waals surface area (Å²) in [5, 5.41) is -0.290. The first-order valence-electron chi connectivity index (χ1n) is 13.1. The summed E-state index contributed by atoms with van der Waals surface area (Å²) in [7, 11) is -4.26. The molecule has 0 aliphatic carbocycles. The maximum atomic E-state index is 14.4. The second-order valence-corrected chi connectivity index (χ2v) is 11.4. The molecule has 1 amide bonds. The minimum absolute atomic E-state index is 0.0951. The Balaban J connectivity index is 1.61. The second kappa shape index (κ2) is 13.3. The Labute approximate surface area is 238 Å². The maximum absolute atomic E-state index is 14.4. The number of ether oxygens (including phenoxy) is 2. The summed E-state index contributed by atoms with van der Waals surface area (Å²) < 4.78 is 53.8. The van der Waals surface area contributed by atoms with Crippen LogP contribution in [0.4, 0.5) is 4.39 Å². The van der Waals surface area contributed by atoms with Gasteiger partial charge in [-0.2, -0.15) is 8.42 Å². The van der Waals surface area contributed by atoms with E-state index in [1.807, 2.05) is 36.8 Å². The van der Waals surface area contributed by atoms with Crippen LogP contribution in [0.3, 0.4) is 0 Å². The quantitative estimate of drug-likeness (QED) is 0.229. The highest BCUT2D eigenvalue weighted by atomic mass is 32.2. The zero-order valence-corrected chi connectivity index (χ0v) is 23.8. The first kappa shape index (κ1) is 29.6. The molecule has 0 unspecified atom stereocenters. The minimum atomic E-state index is -4.26. The van der Waals surface area contributed by atoms with Gasteiger partial charge in [0.05, 0.1) is 18.9 Å². The molecular formula is C30H31FN4O5S. The molecule has 4 rings (SSSR count). The van der Waals surface area contributed by atoms with Crippen molar-refractivity contribution in [2.45, 2.75) is 38.6 Å². The number of carbonyl (C=O) groups is 1. The number of hydrogen-bond acceptors (Lipinski definition) is 8. The molecule has 11 heteroatoms. The Hall–Kier alpha value is -4.38. The molecule has 0 bridgehead atoms. The van der Waals surface area contributed by atoms with Gasteiger partial charge in [-0.15, -0.1) is 0 Å². The molecule has 9 nitrogen and oxygen atoms in total. The van der Waals surface area contributed by atoms with Crippen molar-refractivity contribution in [1.82, 2.24) is 19.7 Å². The smallest absolute Gasteiger partial charge is 0.281 e. The highest BCUT2D eigenvalue weighted by Crippen LogP contribution is 2.28. The summed E-state index contributed by atoms with van der Waals surface area (Å²) in [6.45, 7) is 6.19. The van der Waals surface area contributed by atoms with Gasteiger partial charge in [0.1, 0.15) is 17.1 Å². The predicted octanol–water partition coefficient (Wildman–Crippen LogP) is 5.15. The number of carbonyl (C=O) groups excluding carboxylic acids is 1. The highest BCUT2D eigenvalue weighted by molar-refractivity contribution is 7.90. The van der Waals surface area contributed by atoms with Crippen molar-refractivity contribution in [3.05, 3.63) is 95.7 Å². The molecule has 0 radical (unpaired) electrons. The van der Waals surface area contributed by atoms with Crippen LogP contribution >= 0.6 is 0 Å². The average Bonchev–Trinajstić information content (AvgIpc) is 2.94. The molecular weight excluding hydrogens is 547 g/mol. The summed E-state index contributed by atoms with van der Waals surface area (Å²) in [5.74, 6) is -0.962. The first-order chi connectivity index (χ1) is 19.6. The van der Waals surface area contributed by atoms with Gasteiger partial charge < -0.3 is 9.47 Å². The first-order valence-corrected chi connectivity index (χ1v) is 14.6. The van der Waals surface area contributed by atoms with Crippen molar-refractivity contribution >= 4 is 15.9 Å². The van der Waals surface area contributed by atoms with E-state index < -0.39 is 21.7 Å². The number of halogens is 1. The van der Waals surface area contributed by atoms with Crippen molar-refractivity contribution in [3.63, 3.8) is 0 Å². The summed E-state index contributed by atoms with van der Waals surface area (Å²) >= 11 is 0. The van der Waals surface area contributed by atoms with Crippen molar-refractivity contribution < 1.29 is 27.1 Å². The number of nitrogens with one attached hydrogen (secondary N) is 1. The number of aromatic nitrogens is 3. The molecule has 0 spiro atoms. The molecule has 4 aromatic rings. The van der Waals surface area contributed by atoms with Gasteiger partial charge in [-0.3, -0.25) is 9.78 Å². The van der Waals surface area contributed by atoms with Crippen LogP contribution in [0, 0.1) is 18.7 Å². The average molecular weight is 579 g/mol. The number of rotatable bonds is 12. The summed E-state index contributed by atoms with van der Waals surface area (Å²) in [6, 6.07) is 17.2. The molecule has 0 fully saturated rings. The van der Waals surface area contributed by atoms with Gasteiger partial charge in [0, 0.05) is 29.2 Å². The number of amides is 1. The number of nitrogens with zero attached hydrogens (tertiary/aromatic N) is 3. The topological polar surface area (TPSA) is 120 Å². The van der Waals surface area contributed by atoms with Crippen molar-refractivity contribution in [2.75, 3.05) is 13.2 Å². The molecule has 3 heterocycles. The van der Waals surface area contributed by atoms with Gasteiger partial charge in [-0.25, -0.2) is 19.1 Å². The summed E-state index contributed by atoms with van der Waals surface area (Å²) in [4.78, 5) is 25.9. The lowest BCUT2D eigenvalue weighted by Crippen LogP contribution is -2.31. The van der Waals surface area contributed by atoms with Crippen LogP contribution < -0.4 is 14.2 Å². The van der Waals surface area contributed by atoms with E-state index in [4.69, 9.17) is 9.47 Å². The molecule has 0 atom stereocenters. The second-order valence-electron chi connectivity index (χ2n) is 9.75. The molecule has 0 aliphatic heterocycles. The SMILES string of the molecule is Cc1cccc(S(=O)(=O)NC(=O)c2ccc(-c3cc(F)cc(OCC(C)C)c3)nc2OCCCc2ccccn2)n1. The number of hydrogen-bond donors (Lipinski definition) is 1. The monoisotopic (exact) mass is 578 g/mol. The third kappa shape index (κ3) is 8.31. The van der Waals surface area contributed by atoms with Gasteiger partial charge in [0.2, 0.25) is 5.88 Å². The van der Waals surface area contributed by atoms with Crippen molar-refractivity contribution in [1.29, 1.82) is 0 Å². The molecule has 214 valence electrons. The Kier molecular flexibility index (Phi) is 9.61. The zero-order chi connectivity index (χ0) is 29.4. The third-order valence-electron chi connectivity index (χ3n) is 5.76. The van der Waals surface area contributed by atoms with Gasteiger partial charge >= 0.3 is 0 Å². The van der Waals surface area contributed by atoms with Crippen LogP contribution in [0.5, 0.6) is 11.6 Å². The highest BCUT2D eigenvalue weighted by Gasteiger charge is 2.24.